The van der Waals surface area contributed by atoms with Crippen molar-refractivity contribution in [1.82, 2.24) is 0 Å². The summed E-state index contributed by atoms with van der Waals surface area (Å²) in [7, 11) is 0. The van der Waals surface area contributed by atoms with Crippen LogP contribution in [0.5, 0.6) is 0 Å². The van der Waals surface area contributed by atoms with Gasteiger partial charge in [0.2, 0.25) is 0 Å². The fourth-order valence-corrected chi connectivity index (χ4v) is 7.08. The normalized spacial score (nSPS) is 13.1. The van der Waals surface area contributed by atoms with Crippen LogP contribution in [0.2, 0.25) is 0 Å². The van der Waals surface area contributed by atoms with Gasteiger partial charge in [0.05, 0.1) is 5.41 Å². The largest absolute Gasteiger partial charge is 0.0725 e. The lowest BCUT2D eigenvalue weighted by atomic mass is 9.64. The van der Waals surface area contributed by atoms with E-state index in [9.17, 15) is 0 Å². The van der Waals surface area contributed by atoms with E-state index in [1.54, 1.807) is 0 Å². The van der Waals surface area contributed by atoms with Crippen molar-refractivity contribution < 1.29 is 0 Å². The highest BCUT2D eigenvalue weighted by Gasteiger charge is 2.48. The first kappa shape index (κ1) is 24.3. The third-order valence-electron chi connectivity index (χ3n) is 7.89. The van der Waals surface area contributed by atoms with E-state index in [0.717, 1.165) is 8.95 Å². The molecule has 0 aliphatic heterocycles. The lowest BCUT2D eigenvalue weighted by Gasteiger charge is -2.37. The van der Waals surface area contributed by atoms with E-state index in [-0.39, 0.29) is 0 Å². The monoisotopic (exact) mass is 626 g/mol. The molecule has 0 nitrogen and oxygen atoms in total. The van der Waals surface area contributed by atoms with E-state index in [1.807, 2.05) is 0 Å². The van der Waals surface area contributed by atoms with Crippen molar-refractivity contribution in [3.8, 4) is 33.4 Å². The van der Waals surface area contributed by atoms with E-state index in [1.165, 1.54) is 55.6 Å². The molecule has 0 heterocycles. The fourth-order valence-electron chi connectivity index (χ4n) is 6.36. The maximum absolute atomic E-state index is 3.84. The number of fused-ring (bicyclic) bond motifs is 3. The van der Waals surface area contributed by atoms with Crippen LogP contribution in [0, 0.1) is 0 Å². The molecule has 6 aromatic rings. The van der Waals surface area contributed by atoms with Gasteiger partial charge in [0.15, 0.2) is 0 Å². The number of rotatable bonds is 4. The molecule has 0 atom stereocenters. The third kappa shape index (κ3) is 3.85. The Morgan fingerprint density at radius 1 is 0.333 bits per heavy atom. The molecule has 0 fully saturated rings. The SMILES string of the molecule is Brc1ccc2c(c1)-c1ccc(Br)cc1C2(c1ccccc1-c1ccccc1)c1ccccc1-c1ccccc1. The second-order valence-corrected chi connectivity index (χ2v) is 11.8. The van der Waals surface area contributed by atoms with E-state index in [4.69, 9.17) is 0 Å². The van der Waals surface area contributed by atoms with Crippen molar-refractivity contribution in [2.24, 2.45) is 0 Å². The van der Waals surface area contributed by atoms with E-state index in [0.29, 0.717) is 0 Å². The molecule has 0 spiro atoms. The molecule has 0 bridgehead atoms. The van der Waals surface area contributed by atoms with E-state index >= 15 is 0 Å². The van der Waals surface area contributed by atoms with Gasteiger partial charge in [-0.3, -0.25) is 0 Å². The average molecular weight is 628 g/mol. The standard InChI is InChI=1S/C37H24Br2/c38-27-20-22-35-32(23-27)31-21-19-28(39)24-36(31)37(35,33-17-9-7-15-29(33)25-11-3-1-4-12-25)34-18-10-8-16-30(34)26-13-5-2-6-14-26/h1-24H. The number of halogens is 2. The van der Waals surface area contributed by atoms with Crippen LogP contribution in [-0.4, -0.2) is 0 Å². The Hall–Kier alpha value is -3.72. The molecule has 7 rings (SSSR count). The molecule has 0 N–H and O–H groups in total. The summed E-state index contributed by atoms with van der Waals surface area (Å²) in [6.45, 7) is 0. The quantitative estimate of drug-likeness (QED) is 0.182. The van der Waals surface area contributed by atoms with Crippen LogP contribution < -0.4 is 0 Å². The van der Waals surface area contributed by atoms with Gasteiger partial charge in [-0.1, -0.05) is 153 Å². The lowest BCUT2D eigenvalue weighted by molar-refractivity contribution is 0.772. The molecule has 0 radical (unpaired) electrons. The van der Waals surface area contributed by atoms with Crippen LogP contribution in [0.25, 0.3) is 33.4 Å². The van der Waals surface area contributed by atoms with Crippen molar-refractivity contribution in [2.45, 2.75) is 5.41 Å². The molecule has 0 saturated heterocycles. The predicted octanol–water partition coefficient (Wildman–Crippen LogP) is 10.9. The van der Waals surface area contributed by atoms with Crippen molar-refractivity contribution in [3.63, 3.8) is 0 Å². The first-order valence-electron chi connectivity index (χ1n) is 13.1. The Bertz CT molecular complexity index is 1740. The fraction of sp³-hybridized carbons (Fsp3) is 0.0270. The summed E-state index contributed by atoms with van der Waals surface area (Å²) in [6, 6.07) is 52.9. The van der Waals surface area contributed by atoms with Gasteiger partial charge >= 0.3 is 0 Å². The summed E-state index contributed by atoms with van der Waals surface area (Å²) >= 11 is 7.61. The minimum absolute atomic E-state index is 0.534. The van der Waals surface area contributed by atoms with Crippen LogP contribution in [0.4, 0.5) is 0 Å². The van der Waals surface area contributed by atoms with Crippen LogP contribution in [0.3, 0.4) is 0 Å². The smallest absolute Gasteiger partial charge is 0.0622 e. The minimum atomic E-state index is -0.534. The van der Waals surface area contributed by atoms with E-state index in [2.05, 4.69) is 177 Å². The summed E-state index contributed by atoms with van der Waals surface area (Å²) in [5.74, 6) is 0. The van der Waals surface area contributed by atoms with Gasteiger partial charge in [-0.15, -0.1) is 0 Å². The van der Waals surface area contributed by atoms with Gasteiger partial charge in [0.1, 0.15) is 0 Å². The third-order valence-corrected chi connectivity index (χ3v) is 8.88. The van der Waals surface area contributed by atoms with Gasteiger partial charge in [-0.05, 0) is 79.9 Å². The summed E-state index contributed by atoms with van der Waals surface area (Å²) in [6.07, 6.45) is 0. The maximum Gasteiger partial charge on any atom is 0.0725 e. The van der Waals surface area contributed by atoms with Crippen molar-refractivity contribution in [1.29, 1.82) is 0 Å². The summed E-state index contributed by atoms with van der Waals surface area (Å²) in [4.78, 5) is 0. The van der Waals surface area contributed by atoms with Gasteiger partial charge in [-0.25, -0.2) is 0 Å². The predicted molar refractivity (Wildman–Crippen MR) is 170 cm³/mol. The zero-order valence-corrected chi connectivity index (χ0v) is 24.3. The lowest BCUT2D eigenvalue weighted by Crippen LogP contribution is -2.30. The zero-order valence-electron chi connectivity index (χ0n) is 21.1. The van der Waals surface area contributed by atoms with Crippen molar-refractivity contribution in [2.75, 3.05) is 0 Å². The number of hydrogen-bond acceptors (Lipinski definition) is 0. The summed E-state index contributed by atoms with van der Waals surface area (Å²) < 4.78 is 2.16. The topological polar surface area (TPSA) is 0 Å². The van der Waals surface area contributed by atoms with Crippen LogP contribution in [0.15, 0.2) is 155 Å². The Labute approximate surface area is 246 Å². The Morgan fingerprint density at radius 2 is 0.795 bits per heavy atom. The molecule has 39 heavy (non-hydrogen) atoms. The molecular formula is C37H24Br2. The molecule has 2 heteroatoms. The first-order valence-corrected chi connectivity index (χ1v) is 14.7. The van der Waals surface area contributed by atoms with Crippen LogP contribution >= 0.6 is 31.9 Å². The molecule has 186 valence electrons. The van der Waals surface area contributed by atoms with E-state index < -0.39 is 5.41 Å². The second kappa shape index (κ2) is 9.79. The highest BCUT2D eigenvalue weighted by Crippen LogP contribution is 2.59. The van der Waals surface area contributed by atoms with Gasteiger partial charge in [0.25, 0.3) is 0 Å². The highest BCUT2D eigenvalue weighted by molar-refractivity contribution is 9.10. The Balaban J connectivity index is 1.69. The van der Waals surface area contributed by atoms with Crippen LogP contribution in [-0.2, 0) is 5.41 Å². The van der Waals surface area contributed by atoms with Crippen molar-refractivity contribution >= 4 is 31.9 Å². The molecule has 0 amide bonds. The average Bonchev–Trinajstić information content (AvgIpc) is 3.27. The first-order chi connectivity index (χ1) is 19.2. The molecule has 1 aliphatic rings. The van der Waals surface area contributed by atoms with Gasteiger partial charge in [-0.2, -0.15) is 0 Å². The van der Waals surface area contributed by atoms with Crippen LogP contribution in [0.1, 0.15) is 22.3 Å². The zero-order chi connectivity index (χ0) is 26.4. The van der Waals surface area contributed by atoms with Gasteiger partial charge in [0, 0.05) is 8.95 Å². The molecular weight excluding hydrogens is 604 g/mol. The summed E-state index contributed by atoms with van der Waals surface area (Å²) in [5.41, 5.74) is 12.0. The Morgan fingerprint density at radius 3 is 1.38 bits per heavy atom. The molecule has 0 saturated carbocycles. The Kier molecular flexibility index (Phi) is 6.11. The highest BCUT2D eigenvalue weighted by atomic mass is 79.9. The number of benzene rings is 6. The molecule has 0 aromatic heterocycles. The number of hydrogen-bond donors (Lipinski definition) is 0. The van der Waals surface area contributed by atoms with Crippen molar-refractivity contribution in [3.05, 3.63) is 177 Å². The molecule has 1 aliphatic carbocycles. The summed E-state index contributed by atoms with van der Waals surface area (Å²) in [5, 5.41) is 0. The second-order valence-electron chi connectivity index (χ2n) is 9.95. The molecule has 6 aromatic carbocycles. The maximum atomic E-state index is 3.84. The molecule has 0 unspecified atom stereocenters. The minimum Gasteiger partial charge on any atom is -0.0622 e. The van der Waals surface area contributed by atoms with Gasteiger partial charge < -0.3 is 0 Å².